The van der Waals surface area contributed by atoms with Gasteiger partial charge in [-0.15, -0.1) is 0 Å². The van der Waals surface area contributed by atoms with Crippen LogP contribution in [0.2, 0.25) is 10.0 Å². The molecule has 5 heteroatoms. The second kappa shape index (κ2) is 7.44. The van der Waals surface area contributed by atoms with Gasteiger partial charge in [-0.3, -0.25) is 0 Å². The average molecular weight is 451 g/mol. The van der Waals surface area contributed by atoms with Crippen molar-refractivity contribution in [2.24, 2.45) is 0 Å². The van der Waals surface area contributed by atoms with Crippen LogP contribution in [-0.2, 0) is 19.9 Å². The molecule has 2 aliphatic rings. The van der Waals surface area contributed by atoms with Crippen molar-refractivity contribution in [1.29, 1.82) is 0 Å². The molecule has 31 heavy (non-hydrogen) atoms. The molecular weight excluding hydrogens is 431 g/mol. The summed E-state index contributed by atoms with van der Waals surface area (Å²) >= 11 is 12.6. The van der Waals surface area contributed by atoms with Crippen LogP contribution in [0.4, 0.5) is 0 Å². The minimum Gasteiger partial charge on any atom is -0.481 e. The molecule has 0 bridgehead atoms. The number of carbonyl (C=O) groups excluding carboxylic acids is 1. The van der Waals surface area contributed by atoms with E-state index in [0.717, 1.165) is 27.8 Å². The predicted molar refractivity (Wildman–Crippen MR) is 122 cm³/mol. The third kappa shape index (κ3) is 2.84. The van der Waals surface area contributed by atoms with Gasteiger partial charge >= 0.3 is 5.97 Å². The molecule has 0 N–H and O–H groups in total. The summed E-state index contributed by atoms with van der Waals surface area (Å²) < 4.78 is 12.1. The van der Waals surface area contributed by atoms with E-state index in [1.807, 2.05) is 43.3 Å². The Morgan fingerprint density at radius 1 is 0.968 bits per heavy atom. The van der Waals surface area contributed by atoms with E-state index in [4.69, 9.17) is 32.7 Å². The van der Waals surface area contributed by atoms with Crippen LogP contribution in [0.25, 0.3) is 11.1 Å². The molecule has 5 rings (SSSR count). The lowest BCUT2D eigenvalue weighted by Gasteiger charge is -2.34. The summed E-state index contributed by atoms with van der Waals surface area (Å²) in [5.74, 6) is -0.262. The molecule has 0 amide bonds. The number of carbonyl (C=O) groups is 1. The summed E-state index contributed by atoms with van der Waals surface area (Å²) in [6.07, 6.45) is 0. The minimum absolute atomic E-state index is 0.282. The normalized spacial score (nSPS) is 18.0. The Kier molecular flexibility index (Phi) is 4.84. The molecule has 1 unspecified atom stereocenters. The van der Waals surface area contributed by atoms with Crippen molar-refractivity contribution < 1.29 is 14.3 Å². The van der Waals surface area contributed by atoms with Crippen LogP contribution in [0.3, 0.4) is 0 Å². The van der Waals surface area contributed by atoms with Crippen molar-refractivity contribution in [3.05, 3.63) is 105 Å². The van der Waals surface area contributed by atoms with Gasteiger partial charge in [0.2, 0.25) is 0 Å². The van der Waals surface area contributed by atoms with E-state index in [9.17, 15) is 4.79 Å². The zero-order valence-electron chi connectivity index (χ0n) is 17.1. The molecule has 1 heterocycles. The molecule has 1 spiro atoms. The van der Waals surface area contributed by atoms with Crippen molar-refractivity contribution in [3.8, 4) is 11.1 Å². The van der Waals surface area contributed by atoms with E-state index in [0.29, 0.717) is 21.4 Å². The Morgan fingerprint density at radius 3 is 2.16 bits per heavy atom. The van der Waals surface area contributed by atoms with Gasteiger partial charge in [-0.2, -0.15) is 0 Å². The number of ether oxygens (including phenoxy) is 2. The first-order valence-electron chi connectivity index (χ1n) is 10.2. The minimum atomic E-state index is -0.892. The van der Waals surface area contributed by atoms with E-state index in [-0.39, 0.29) is 12.6 Å². The zero-order valence-corrected chi connectivity index (χ0v) is 18.6. The number of benzene rings is 3. The van der Waals surface area contributed by atoms with Crippen molar-refractivity contribution in [2.45, 2.75) is 25.4 Å². The highest BCUT2D eigenvalue weighted by Gasteiger charge is 2.58. The van der Waals surface area contributed by atoms with Crippen LogP contribution in [0.5, 0.6) is 0 Å². The second-order valence-electron chi connectivity index (χ2n) is 7.73. The van der Waals surface area contributed by atoms with E-state index in [2.05, 4.69) is 24.3 Å². The van der Waals surface area contributed by atoms with Crippen molar-refractivity contribution in [2.75, 3.05) is 6.61 Å². The van der Waals surface area contributed by atoms with Crippen molar-refractivity contribution in [1.82, 2.24) is 0 Å². The van der Waals surface area contributed by atoms with Gasteiger partial charge in [-0.05, 0) is 42.7 Å². The summed E-state index contributed by atoms with van der Waals surface area (Å²) in [6, 6.07) is 21.9. The number of fused-ring (bicyclic) bond motifs is 5. The summed E-state index contributed by atoms with van der Waals surface area (Å²) in [5.41, 5.74) is 4.70. The second-order valence-corrected chi connectivity index (χ2v) is 8.54. The van der Waals surface area contributed by atoms with Crippen molar-refractivity contribution >= 4 is 29.2 Å². The number of halogens is 2. The number of hydrogen-bond acceptors (Lipinski definition) is 3. The lowest BCUT2D eigenvalue weighted by molar-refractivity contribution is -0.138. The molecule has 0 radical (unpaired) electrons. The van der Waals surface area contributed by atoms with Gasteiger partial charge in [-0.25, -0.2) is 4.79 Å². The van der Waals surface area contributed by atoms with Gasteiger partial charge in [0.15, 0.2) is 5.60 Å². The van der Waals surface area contributed by atoms with Crippen LogP contribution >= 0.6 is 23.2 Å². The number of rotatable bonds is 3. The fourth-order valence-electron chi connectivity index (χ4n) is 4.98. The van der Waals surface area contributed by atoms with E-state index in [1.54, 1.807) is 13.0 Å². The zero-order chi connectivity index (χ0) is 21.8. The third-order valence-electron chi connectivity index (χ3n) is 6.11. The monoisotopic (exact) mass is 450 g/mol. The Morgan fingerprint density at radius 2 is 1.58 bits per heavy atom. The van der Waals surface area contributed by atoms with Crippen LogP contribution in [0.15, 0.2) is 78.1 Å². The van der Waals surface area contributed by atoms with Crippen LogP contribution in [0.1, 0.15) is 36.5 Å². The molecule has 0 aromatic heterocycles. The molecule has 1 atom stereocenters. The smallest absolute Gasteiger partial charge is 0.338 e. The Balaban J connectivity index is 1.83. The molecule has 1 aliphatic carbocycles. The number of esters is 1. The molecule has 0 saturated heterocycles. The molecule has 0 saturated carbocycles. The summed E-state index contributed by atoms with van der Waals surface area (Å²) in [6.45, 7) is 3.91. The summed E-state index contributed by atoms with van der Waals surface area (Å²) in [5, 5.41) is 0.894. The van der Waals surface area contributed by atoms with Gasteiger partial charge < -0.3 is 9.47 Å². The van der Waals surface area contributed by atoms with Gasteiger partial charge in [0.05, 0.1) is 28.1 Å². The first-order valence-corrected chi connectivity index (χ1v) is 11.0. The molecule has 3 nitrogen and oxygen atoms in total. The maximum absolute atomic E-state index is 13.1. The average Bonchev–Trinajstić information content (AvgIpc) is 3.23. The maximum atomic E-state index is 13.1. The molecular formula is C26H20Cl2O3. The fourth-order valence-corrected chi connectivity index (χ4v) is 5.28. The molecule has 3 aromatic carbocycles. The third-order valence-corrected chi connectivity index (χ3v) is 6.84. The summed E-state index contributed by atoms with van der Waals surface area (Å²) in [7, 11) is 0. The van der Waals surface area contributed by atoms with Gasteiger partial charge in [-0.1, -0.05) is 77.8 Å². The largest absolute Gasteiger partial charge is 0.481 e. The van der Waals surface area contributed by atoms with Crippen LogP contribution < -0.4 is 0 Å². The van der Waals surface area contributed by atoms with E-state index >= 15 is 0 Å². The highest BCUT2D eigenvalue weighted by molar-refractivity contribution is 6.42. The van der Waals surface area contributed by atoms with Crippen LogP contribution in [0, 0.1) is 0 Å². The summed E-state index contributed by atoms with van der Waals surface area (Å²) in [4.78, 5) is 13.1. The Labute approximate surface area is 191 Å². The molecule has 156 valence electrons. The fraction of sp³-hybridized carbons (Fsp3) is 0.192. The lowest BCUT2D eigenvalue weighted by Crippen LogP contribution is -2.33. The van der Waals surface area contributed by atoms with Gasteiger partial charge in [0.25, 0.3) is 0 Å². The SMILES string of the molecule is CCOC(=O)C1=C(C)OC2(c3ccccc3-c3ccccc32)C1c1ccc(Cl)c(Cl)c1. The quantitative estimate of drug-likeness (QED) is 0.408. The molecule has 1 aliphatic heterocycles. The van der Waals surface area contributed by atoms with Crippen molar-refractivity contribution in [3.63, 3.8) is 0 Å². The number of hydrogen-bond donors (Lipinski definition) is 0. The standard InChI is InChI=1S/C26H20Cl2O3/c1-3-30-25(29)23-15(2)31-26(24(23)16-12-13-21(27)22(28)14-16)19-10-6-4-8-17(19)18-9-5-7-11-20(18)26/h4-14,24H,3H2,1-2H3. The highest BCUT2D eigenvalue weighted by atomic mass is 35.5. The Hall–Kier alpha value is -2.75. The lowest BCUT2D eigenvalue weighted by atomic mass is 9.73. The topological polar surface area (TPSA) is 35.5 Å². The maximum Gasteiger partial charge on any atom is 0.338 e. The Bertz CT molecular complexity index is 1200. The first-order chi connectivity index (χ1) is 15.0. The highest BCUT2D eigenvalue weighted by Crippen LogP contribution is 2.62. The first kappa shape index (κ1) is 20.2. The number of allylic oxidation sites excluding steroid dienone is 1. The van der Waals surface area contributed by atoms with E-state index < -0.39 is 11.5 Å². The van der Waals surface area contributed by atoms with Gasteiger partial charge in [0.1, 0.15) is 5.76 Å². The predicted octanol–water partition coefficient (Wildman–Crippen LogP) is 6.87. The molecule has 3 aromatic rings. The van der Waals surface area contributed by atoms with Crippen LogP contribution in [-0.4, -0.2) is 12.6 Å². The van der Waals surface area contributed by atoms with E-state index in [1.165, 1.54) is 0 Å². The van der Waals surface area contributed by atoms with Gasteiger partial charge in [0, 0.05) is 11.1 Å². The molecule has 0 fully saturated rings.